The fourth-order valence-electron chi connectivity index (χ4n) is 6.66. The number of piperazine rings is 1. The quantitative estimate of drug-likeness (QED) is 0.458. The van der Waals surface area contributed by atoms with Gasteiger partial charge < -0.3 is 14.7 Å². The summed E-state index contributed by atoms with van der Waals surface area (Å²) < 4.78 is 0. The highest BCUT2D eigenvalue weighted by molar-refractivity contribution is 5.82. The number of aromatic nitrogens is 2. The first kappa shape index (κ1) is 27.1. The van der Waals surface area contributed by atoms with Gasteiger partial charge in [-0.2, -0.15) is 0 Å². The SMILES string of the molecule is CCC1CN(C)CC(CC)N1c1ncc(CN(C)CC2CC(C)(C[C@H](C)C(=O)C(C)C)C2)cn1. The van der Waals surface area contributed by atoms with E-state index in [0.29, 0.717) is 23.3 Å². The van der Waals surface area contributed by atoms with E-state index in [-0.39, 0.29) is 11.8 Å². The molecule has 2 heterocycles. The van der Waals surface area contributed by atoms with Crippen molar-refractivity contribution in [2.24, 2.45) is 23.2 Å². The highest BCUT2D eigenvalue weighted by Gasteiger charge is 2.42. The van der Waals surface area contributed by atoms with Gasteiger partial charge in [0, 0.05) is 68.1 Å². The first-order chi connectivity index (χ1) is 16.0. The third-order valence-corrected chi connectivity index (χ3v) is 8.14. The normalized spacial score (nSPS) is 28.9. The molecule has 0 radical (unpaired) electrons. The Morgan fingerprint density at radius 2 is 1.68 bits per heavy atom. The highest BCUT2D eigenvalue weighted by Crippen LogP contribution is 2.50. The van der Waals surface area contributed by atoms with Crippen LogP contribution in [0.5, 0.6) is 0 Å². The van der Waals surface area contributed by atoms with E-state index in [2.05, 4.69) is 56.5 Å². The lowest BCUT2D eigenvalue weighted by molar-refractivity contribution is -0.127. The average Bonchev–Trinajstić information content (AvgIpc) is 2.77. The topological polar surface area (TPSA) is 52.6 Å². The lowest BCUT2D eigenvalue weighted by atomic mass is 9.59. The molecule has 0 spiro atoms. The molecule has 1 saturated heterocycles. The van der Waals surface area contributed by atoms with Crippen LogP contribution in [0, 0.1) is 23.2 Å². The van der Waals surface area contributed by atoms with Gasteiger partial charge >= 0.3 is 0 Å². The second-order valence-corrected chi connectivity index (χ2v) is 12.1. The van der Waals surface area contributed by atoms with Crippen LogP contribution in [0.15, 0.2) is 12.4 Å². The Morgan fingerprint density at radius 3 is 2.18 bits per heavy atom. The molecule has 1 aromatic rings. The highest BCUT2D eigenvalue weighted by atomic mass is 16.1. The third kappa shape index (κ3) is 6.57. The van der Waals surface area contributed by atoms with E-state index in [9.17, 15) is 4.79 Å². The number of anilines is 1. The van der Waals surface area contributed by atoms with E-state index < -0.39 is 0 Å². The van der Waals surface area contributed by atoms with Crippen LogP contribution in [0.4, 0.5) is 5.95 Å². The van der Waals surface area contributed by atoms with E-state index in [4.69, 9.17) is 9.97 Å². The number of hydrogen-bond donors (Lipinski definition) is 0. The van der Waals surface area contributed by atoms with Crippen molar-refractivity contribution in [1.29, 1.82) is 0 Å². The zero-order chi connectivity index (χ0) is 25.0. The van der Waals surface area contributed by atoms with E-state index in [1.807, 2.05) is 26.2 Å². The molecule has 2 aliphatic rings. The molecule has 3 atom stereocenters. The maximum Gasteiger partial charge on any atom is 0.225 e. The van der Waals surface area contributed by atoms with Gasteiger partial charge in [-0.25, -0.2) is 9.97 Å². The Morgan fingerprint density at radius 1 is 1.12 bits per heavy atom. The molecule has 6 nitrogen and oxygen atoms in total. The zero-order valence-corrected chi connectivity index (χ0v) is 23.0. The summed E-state index contributed by atoms with van der Waals surface area (Å²) in [7, 11) is 4.42. The second kappa shape index (κ2) is 11.5. The minimum absolute atomic E-state index is 0.145. The molecule has 0 N–H and O–H groups in total. The number of hydrogen-bond acceptors (Lipinski definition) is 6. The molecule has 1 aromatic heterocycles. The van der Waals surface area contributed by atoms with Crippen molar-refractivity contribution in [3.05, 3.63) is 18.0 Å². The van der Waals surface area contributed by atoms with Gasteiger partial charge in [0.2, 0.25) is 5.95 Å². The number of Topliss-reactive ketones (excluding diaryl/α,β-unsaturated/α-hetero) is 1. The lowest BCUT2D eigenvalue weighted by Crippen LogP contribution is -2.58. The molecule has 3 rings (SSSR count). The summed E-state index contributed by atoms with van der Waals surface area (Å²) in [5, 5.41) is 0. The summed E-state index contributed by atoms with van der Waals surface area (Å²) in [4.78, 5) is 29.3. The molecule has 0 amide bonds. The van der Waals surface area contributed by atoms with E-state index in [1.165, 1.54) is 18.4 Å². The van der Waals surface area contributed by atoms with Crippen molar-refractivity contribution >= 4 is 11.7 Å². The molecule has 34 heavy (non-hydrogen) atoms. The Bertz CT molecular complexity index is 774. The van der Waals surface area contributed by atoms with Crippen molar-refractivity contribution in [2.75, 3.05) is 38.6 Å². The van der Waals surface area contributed by atoms with E-state index in [0.717, 1.165) is 57.3 Å². The smallest absolute Gasteiger partial charge is 0.225 e. The number of nitrogens with zero attached hydrogens (tertiary/aromatic N) is 5. The van der Waals surface area contributed by atoms with Gasteiger partial charge in [0.25, 0.3) is 0 Å². The minimum atomic E-state index is 0.145. The van der Waals surface area contributed by atoms with Gasteiger partial charge in [-0.15, -0.1) is 0 Å². The van der Waals surface area contributed by atoms with Crippen molar-refractivity contribution < 1.29 is 4.79 Å². The van der Waals surface area contributed by atoms with Crippen molar-refractivity contribution in [2.45, 2.75) is 92.3 Å². The molecule has 1 aliphatic carbocycles. The Hall–Kier alpha value is -1.53. The first-order valence-corrected chi connectivity index (χ1v) is 13.5. The molecular weight excluding hydrogens is 422 g/mol. The predicted molar refractivity (Wildman–Crippen MR) is 141 cm³/mol. The molecule has 1 saturated carbocycles. The van der Waals surface area contributed by atoms with Crippen molar-refractivity contribution in [3.8, 4) is 0 Å². The average molecular weight is 472 g/mol. The molecule has 0 bridgehead atoms. The van der Waals surface area contributed by atoms with Crippen molar-refractivity contribution in [3.63, 3.8) is 0 Å². The summed E-state index contributed by atoms with van der Waals surface area (Å²) >= 11 is 0. The van der Waals surface area contributed by atoms with Crippen LogP contribution in [-0.4, -0.2) is 71.4 Å². The number of carbonyl (C=O) groups is 1. The van der Waals surface area contributed by atoms with Gasteiger partial charge in [0.15, 0.2) is 0 Å². The molecule has 0 aromatic carbocycles. The standard InChI is InChI=1S/C28H49N5O/c1-9-24-18-32(8)19-25(10-2)33(24)27-29-14-23(15-30-27)17-31(7)16-22-12-28(6,13-22)11-21(5)26(34)20(3)4/h14-15,20-22,24-25H,9-13,16-19H2,1-8H3/t21-,22?,24?,25?,28?/m0/s1. The van der Waals surface area contributed by atoms with E-state index in [1.54, 1.807) is 0 Å². The van der Waals surface area contributed by atoms with Crippen LogP contribution in [0.2, 0.25) is 0 Å². The molecule has 1 aliphatic heterocycles. The fraction of sp³-hybridized carbons (Fsp3) is 0.821. The van der Waals surface area contributed by atoms with Crippen LogP contribution >= 0.6 is 0 Å². The molecule has 192 valence electrons. The molecule has 2 fully saturated rings. The largest absolute Gasteiger partial charge is 0.332 e. The number of rotatable bonds is 11. The van der Waals surface area contributed by atoms with Crippen LogP contribution in [0.3, 0.4) is 0 Å². The number of likely N-dealkylation sites (N-methyl/N-ethyl adjacent to an activating group) is 1. The van der Waals surface area contributed by atoms with Gasteiger partial charge in [0.05, 0.1) is 0 Å². The van der Waals surface area contributed by atoms with Crippen molar-refractivity contribution in [1.82, 2.24) is 19.8 Å². The Balaban J connectivity index is 1.50. The minimum Gasteiger partial charge on any atom is -0.332 e. The fourth-order valence-corrected chi connectivity index (χ4v) is 6.66. The maximum atomic E-state index is 12.3. The van der Waals surface area contributed by atoms with E-state index >= 15 is 0 Å². The van der Waals surface area contributed by atoms with Gasteiger partial charge in [-0.3, -0.25) is 4.79 Å². The molecule has 2 unspecified atom stereocenters. The van der Waals surface area contributed by atoms with Crippen LogP contribution in [0.25, 0.3) is 0 Å². The van der Waals surface area contributed by atoms with Gasteiger partial charge in [0.1, 0.15) is 5.78 Å². The maximum absolute atomic E-state index is 12.3. The summed E-state index contributed by atoms with van der Waals surface area (Å²) in [6.45, 7) is 17.2. The third-order valence-electron chi connectivity index (χ3n) is 8.14. The summed E-state index contributed by atoms with van der Waals surface area (Å²) in [6.07, 6.45) is 9.76. The predicted octanol–water partition coefficient (Wildman–Crippen LogP) is 4.89. The van der Waals surface area contributed by atoms with Gasteiger partial charge in [-0.1, -0.05) is 41.5 Å². The number of carbonyl (C=O) groups excluding carboxylic acids is 1. The lowest BCUT2D eigenvalue weighted by Gasteiger charge is -2.48. The zero-order valence-electron chi connectivity index (χ0n) is 23.0. The monoisotopic (exact) mass is 471 g/mol. The van der Waals surface area contributed by atoms with Crippen LogP contribution in [-0.2, 0) is 11.3 Å². The second-order valence-electron chi connectivity index (χ2n) is 12.1. The first-order valence-electron chi connectivity index (χ1n) is 13.5. The summed E-state index contributed by atoms with van der Waals surface area (Å²) in [6, 6.07) is 0.951. The number of ketones is 1. The van der Waals surface area contributed by atoms with Crippen LogP contribution in [0.1, 0.15) is 79.2 Å². The molecular formula is C28H49N5O. The summed E-state index contributed by atoms with van der Waals surface area (Å²) in [5.41, 5.74) is 1.51. The van der Waals surface area contributed by atoms with Crippen LogP contribution < -0.4 is 4.90 Å². The van der Waals surface area contributed by atoms with Gasteiger partial charge in [-0.05, 0) is 57.5 Å². The molecule has 6 heteroatoms. The Kier molecular flexibility index (Phi) is 9.13. The Labute approximate surface area is 208 Å². The summed E-state index contributed by atoms with van der Waals surface area (Å²) in [5.74, 6) is 2.35.